The van der Waals surface area contributed by atoms with E-state index in [1.54, 1.807) is 20.8 Å². The van der Waals surface area contributed by atoms with Crippen molar-refractivity contribution >= 4 is 12.1 Å². The summed E-state index contributed by atoms with van der Waals surface area (Å²) in [5.74, 6) is -0.566. The summed E-state index contributed by atoms with van der Waals surface area (Å²) in [4.78, 5) is 27.0. The highest BCUT2D eigenvalue weighted by Gasteiger charge is 2.85. The van der Waals surface area contributed by atoms with Crippen LogP contribution in [0, 0.1) is 50.7 Å². The third-order valence-electron chi connectivity index (χ3n) is 15.6. The van der Waals surface area contributed by atoms with E-state index >= 15 is 0 Å². The van der Waals surface area contributed by atoms with E-state index in [0.29, 0.717) is 12.8 Å². The Morgan fingerprint density at radius 2 is 1.53 bits per heavy atom. The predicted molar refractivity (Wildman–Crippen MR) is 186 cm³/mol. The second-order valence-corrected chi connectivity index (χ2v) is 20.7. The second-order valence-electron chi connectivity index (χ2n) is 20.7. The van der Waals surface area contributed by atoms with Gasteiger partial charge in [-0.25, -0.2) is 9.59 Å². The van der Waals surface area contributed by atoms with Crippen LogP contribution in [0.3, 0.4) is 0 Å². The molecule has 0 aromatic heterocycles. The van der Waals surface area contributed by atoms with Crippen LogP contribution in [-0.2, 0) is 19.0 Å². The molecule has 280 valence electrons. The third kappa shape index (κ3) is 5.43. The van der Waals surface area contributed by atoms with Crippen molar-refractivity contribution in [2.75, 3.05) is 0 Å². The molecule has 6 aliphatic rings. The molecule has 0 bridgehead atoms. The van der Waals surface area contributed by atoms with Gasteiger partial charge in [-0.3, -0.25) is 0 Å². The van der Waals surface area contributed by atoms with Gasteiger partial charge in [-0.1, -0.05) is 41.5 Å². The Kier molecular flexibility index (Phi) is 8.60. The van der Waals surface area contributed by atoms with Crippen molar-refractivity contribution in [3.8, 4) is 0 Å². The summed E-state index contributed by atoms with van der Waals surface area (Å²) >= 11 is 0. The van der Waals surface area contributed by atoms with E-state index in [9.17, 15) is 24.9 Å². The van der Waals surface area contributed by atoms with Crippen molar-refractivity contribution in [2.24, 2.45) is 50.7 Å². The molecule has 0 aromatic carbocycles. The molecule has 6 fully saturated rings. The number of carbonyl (C=O) groups excluding carboxylic acids is 2. The van der Waals surface area contributed by atoms with Gasteiger partial charge in [-0.15, -0.1) is 0 Å². The van der Waals surface area contributed by atoms with Crippen LogP contribution in [0.2, 0.25) is 0 Å². The fourth-order valence-corrected chi connectivity index (χ4v) is 13.4. The summed E-state index contributed by atoms with van der Waals surface area (Å²) in [5, 5.41) is 37.2. The van der Waals surface area contributed by atoms with Crippen LogP contribution >= 0.6 is 0 Å². The smallest absolute Gasteiger partial charge is 0.408 e. The first kappa shape index (κ1) is 37.3. The highest BCUT2D eigenvalue weighted by atomic mass is 16.6. The SMILES string of the molecule is CC(C)[C@H](NC(=O)OC(C)(C)C)C(=O)O[C@H]1CC2C3(CC[C@]4(C)[C@@H]([C@@]5(C)CC[C@@H](C(C)(C)O)O5)[C@@H](O)C[C@@]24C)C[C@@]32CC[C@H](O)C(C)(C)[C@H]12. The molecule has 1 amide bonds. The van der Waals surface area contributed by atoms with Crippen molar-refractivity contribution in [1.29, 1.82) is 0 Å². The first-order valence-corrected chi connectivity index (χ1v) is 19.2. The zero-order valence-corrected chi connectivity index (χ0v) is 32.4. The van der Waals surface area contributed by atoms with Crippen molar-refractivity contribution in [1.82, 2.24) is 5.32 Å². The standard InChI is InChI=1S/C40H67NO8/c1-22(2)28(41-32(45)49-33(3,4)5)31(44)47-24-19-25-37(11)20-23(42)29(38(12)15-14-27(48-38)35(8,9)46)36(37,10)17-18-39(25)21-40(39)16-13-26(43)34(6,7)30(24)40/h22-30,42-43,46H,13-21H2,1-12H3,(H,41,45)/t23-,24-,25?,26-,27-,28-,29-,30-,36+,37-,38+,39?,40+/m0/s1. The van der Waals surface area contributed by atoms with Crippen LogP contribution in [0.4, 0.5) is 4.79 Å². The summed E-state index contributed by atoms with van der Waals surface area (Å²) in [6.45, 7) is 24.0. The number of esters is 1. The van der Waals surface area contributed by atoms with E-state index in [4.69, 9.17) is 14.2 Å². The number of amides is 1. The van der Waals surface area contributed by atoms with Crippen LogP contribution in [-0.4, -0.2) is 74.6 Å². The number of ether oxygens (including phenoxy) is 3. The summed E-state index contributed by atoms with van der Waals surface area (Å²) < 4.78 is 18.9. The Bertz CT molecular complexity index is 1330. The summed E-state index contributed by atoms with van der Waals surface area (Å²) in [7, 11) is 0. The summed E-state index contributed by atoms with van der Waals surface area (Å²) in [6.07, 6.45) is 5.23. The molecule has 9 nitrogen and oxygen atoms in total. The molecule has 49 heavy (non-hydrogen) atoms. The molecule has 5 saturated carbocycles. The van der Waals surface area contributed by atoms with E-state index in [0.717, 1.165) is 44.9 Å². The van der Waals surface area contributed by atoms with Gasteiger partial charge in [0.05, 0.1) is 29.5 Å². The van der Waals surface area contributed by atoms with E-state index in [1.807, 2.05) is 27.7 Å². The van der Waals surface area contributed by atoms with Crippen LogP contribution < -0.4 is 5.32 Å². The largest absolute Gasteiger partial charge is 0.460 e. The second kappa shape index (κ2) is 11.3. The minimum absolute atomic E-state index is 0.0170. The van der Waals surface area contributed by atoms with Gasteiger partial charge >= 0.3 is 12.1 Å². The number of carbonyl (C=O) groups is 2. The van der Waals surface area contributed by atoms with Crippen LogP contribution in [0.15, 0.2) is 0 Å². The van der Waals surface area contributed by atoms with Gasteiger partial charge in [0.15, 0.2) is 0 Å². The monoisotopic (exact) mass is 689 g/mol. The van der Waals surface area contributed by atoms with Crippen LogP contribution in [0.25, 0.3) is 0 Å². The number of hydrogen-bond acceptors (Lipinski definition) is 8. The minimum atomic E-state index is -0.956. The zero-order chi connectivity index (χ0) is 36.5. The third-order valence-corrected chi connectivity index (χ3v) is 15.6. The van der Waals surface area contributed by atoms with E-state index in [2.05, 4.69) is 39.9 Å². The quantitative estimate of drug-likeness (QED) is 0.231. The van der Waals surface area contributed by atoms with E-state index < -0.39 is 58.6 Å². The lowest BCUT2D eigenvalue weighted by Gasteiger charge is -2.64. The van der Waals surface area contributed by atoms with Crippen LogP contribution in [0.5, 0.6) is 0 Å². The topological polar surface area (TPSA) is 135 Å². The number of nitrogens with one attached hydrogen (secondary N) is 1. The lowest BCUT2D eigenvalue weighted by molar-refractivity contribution is -0.221. The van der Waals surface area contributed by atoms with Gasteiger partial charge in [-0.2, -0.15) is 0 Å². The first-order chi connectivity index (χ1) is 22.3. The lowest BCUT2D eigenvalue weighted by atomic mass is 9.41. The molecule has 1 heterocycles. The molecule has 1 saturated heterocycles. The Labute approximate surface area is 295 Å². The first-order valence-electron chi connectivity index (χ1n) is 19.2. The van der Waals surface area contributed by atoms with Gasteiger partial charge in [0, 0.05) is 11.8 Å². The van der Waals surface area contributed by atoms with E-state index in [1.165, 1.54) is 0 Å². The van der Waals surface area contributed by atoms with Crippen molar-refractivity contribution in [3.63, 3.8) is 0 Å². The summed E-state index contributed by atoms with van der Waals surface area (Å²) in [5.41, 5.74) is -3.11. The number of alkyl carbamates (subject to hydrolysis) is 1. The normalized spacial score (nSPS) is 47.7. The Hall–Kier alpha value is -1.42. The average Bonchev–Trinajstić information content (AvgIpc) is 3.30. The maximum atomic E-state index is 14.2. The van der Waals surface area contributed by atoms with Crippen molar-refractivity contribution < 1.29 is 39.1 Å². The van der Waals surface area contributed by atoms with E-state index in [-0.39, 0.29) is 51.4 Å². The molecular formula is C40H67NO8. The van der Waals surface area contributed by atoms with Gasteiger partial charge in [0.2, 0.25) is 0 Å². The molecule has 9 heteroatoms. The summed E-state index contributed by atoms with van der Waals surface area (Å²) in [6, 6.07) is -0.874. The van der Waals surface area contributed by atoms with Crippen LogP contribution in [0.1, 0.15) is 141 Å². The fraction of sp³-hybridized carbons (Fsp3) is 0.950. The molecule has 6 rings (SSSR count). The molecule has 2 spiro atoms. The van der Waals surface area contributed by atoms with Crippen molar-refractivity contribution in [3.05, 3.63) is 0 Å². The number of rotatable bonds is 6. The molecule has 5 aliphatic carbocycles. The number of fused-ring (bicyclic) bond motifs is 2. The van der Waals surface area contributed by atoms with Crippen molar-refractivity contribution in [2.45, 2.75) is 188 Å². The molecule has 0 aromatic rings. The zero-order valence-electron chi connectivity index (χ0n) is 32.4. The average molecular weight is 690 g/mol. The maximum Gasteiger partial charge on any atom is 0.408 e. The highest BCUT2D eigenvalue weighted by molar-refractivity contribution is 5.82. The maximum absolute atomic E-state index is 14.2. The Morgan fingerprint density at radius 3 is 2.10 bits per heavy atom. The predicted octanol–water partition coefficient (Wildman–Crippen LogP) is 6.54. The van der Waals surface area contributed by atoms with Gasteiger partial charge in [0.1, 0.15) is 17.7 Å². The number of aliphatic hydroxyl groups is 3. The molecule has 4 N–H and O–H groups in total. The number of aliphatic hydroxyl groups excluding tert-OH is 2. The van der Waals surface area contributed by atoms with Gasteiger partial charge in [0.25, 0.3) is 0 Å². The van der Waals surface area contributed by atoms with Gasteiger partial charge in [-0.05, 0) is 138 Å². The Morgan fingerprint density at radius 1 is 0.878 bits per heavy atom. The highest BCUT2D eigenvalue weighted by Crippen LogP contribution is 2.89. The molecule has 2 unspecified atom stereocenters. The molecule has 13 atom stereocenters. The van der Waals surface area contributed by atoms with Gasteiger partial charge < -0.3 is 34.8 Å². The fourth-order valence-electron chi connectivity index (χ4n) is 13.4. The molecular weight excluding hydrogens is 622 g/mol. The molecule has 1 aliphatic heterocycles. The Balaban J connectivity index is 1.35. The number of hydrogen-bond donors (Lipinski definition) is 4. The molecule has 0 radical (unpaired) electrons. The lowest BCUT2D eigenvalue weighted by Crippen LogP contribution is -2.63. The minimum Gasteiger partial charge on any atom is -0.460 e.